The summed E-state index contributed by atoms with van der Waals surface area (Å²) in [5.41, 5.74) is 1.82. The predicted molar refractivity (Wildman–Crippen MR) is 129 cm³/mol. The molecule has 0 aromatic heterocycles. The number of hydrogen-bond donors (Lipinski definition) is 2. The number of nitrogens with one attached hydrogen (secondary N) is 2. The van der Waals surface area contributed by atoms with Crippen LogP contribution in [0.3, 0.4) is 0 Å². The van der Waals surface area contributed by atoms with E-state index in [0.29, 0.717) is 32.1 Å². The van der Waals surface area contributed by atoms with Gasteiger partial charge in [0.25, 0.3) is 0 Å². The van der Waals surface area contributed by atoms with Crippen molar-refractivity contribution in [1.29, 1.82) is 0 Å². The lowest BCUT2D eigenvalue weighted by atomic mass is 10.1. The second-order valence-corrected chi connectivity index (χ2v) is 6.17. The minimum absolute atomic E-state index is 0. The number of aliphatic imine (C=N–C) groups is 1. The fourth-order valence-corrected chi connectivity index (χ4v) is 2.73. The van der Waals surface area contributed by atoms with Crippen molar-refractivity contribution < 1.29 is 23.0 Å². The summed E-state index contributed by atoms with van der Waals surface area (Å²) in [5, 5.41) is 6.44. The molecule has 170 valence electrons. The van der Waals surface area contributed by atoms with Crippen LogP contribution in [-0.2, 0) is 13.0 Å². The third kappa shape index (κ3) is 8.99. The molecule has 0 spiro atoms. The van der Waals surface area contributed by atoms with Crippen molar-refractivity contribution in [2.24, 2.45) is 4.99 Å². The highest BCUT2D eigenvalue weighted by Gasteiger charge is 2.11. The van der Waals surface area contributed by atoms with Crippen LogP contribution >= 0.6 is 24.0 Å². The van der Waals surface area contributed by atoms with E-state index in [2.05, 4.69) is 26.9 Å². The lowest BCUT2D eigenvalue weighted by Gasteiger charge is -2.15. The highest BCUT2D eigenvalue weighted by atomic mass is 127. The van der Waals surface area contributed by atoms with E-state index in [1.54, 1.807) is 25.3 Å². The Morgan fingerprint density at radius 1 is 1.13 bits per heavy atom. The summed E-state index contributed by atoms with van der Waals surface area (Å²) < 4.78 is 40.4. The van der Waals surface area contributed by atoms with Crippen LogP contribution in [-0.4, -0.2) is 39.9 Å². The van der Waals surface area contributed by atoms with Crippen LogP contribution in [0.5, 0.6) is 17.2 Å². The largest absolute Gasteiger partial charge is 0.493 e. The molecule has 2 N–H and O–H groups in total. The summed E-state index contributed by atoms with van der Waals surface area (Å²) in [5.74, 6) is 1.68. The molecular weight excluding hydrogens is 519 g/mol. The Kier molecular flexibility index (Phi) is 12.3. The Morgan fingerprint density at radius 2 is 1.90 bits per heavy atom. The summed E-state index contributed by atoms with van der Waals surface area (Å²) >= 11 is 0. The third-order valence-corrected chi connectivity index (χ3v) is 4.15. The minimum atomic E-state index is -2.91. The van der Waals surface area contributed by atoms with Gasteiger partial charge in [-0.1, -0.05) is 36.9 Å². The van der Waals surface area contributed by atoms with E-state index in [9.17, 15) is 8.78 Å². The highest BCUT2D eigenvalue weighted by Crippen LogP contribution is 2.29. The quantitative estimate of drug-likeness (QED) is 0.189. The number of hydrogen-bond acceptors (Lipinski definition) is 4. The van der Waals surface area contributed by atoms with Crippen molar-refractivity contribution >= 4 is 29.9 Å². The topological polar surface area (TPSA) is 64.1 Å². The molecule has 0 bridgehead atoms. The lowest BCUT2D eigenvalue weighted by Crippen LogP contribution is -2.37. The number of benzene rings is 2. The molecule has 0 saturated carbocycles. The minimum Gasteiger partial charge on any atom is -0.493 e. The standard InChI is InChI=1S/C22H27F2N3O3.HI/c1-4-13-29-18-8-6-5-7-17(18)15-27-22(25-2)26-12-11-16-9-10-19(28-3)20(14-16)30-21(23)24;/h4-10,14,21H,1,11-13,15H2,2-3H3,(H2,25,26,27);1H. The Balaban J connectivity index is 0.00000480. The number of methoxy groups -OCH3 is 1. The Bertz CT molecular complexity index is 851. The van der Waals surface area contributed by atoms with Gasteiger partial charge in [0.15, 0.2) is 17.5 Å². The molecule has 2 aromatic carbocycles. The van der Waals surface area contributed by atoms with E-state index in [0.717, 1.165) is 16.9 Å². The number of guanidine groups is 1. The first-order chi connectivity index (χ1) is 14.6. The van der Waals surface area contributed by atoms with Gasteiger partial charge in [0, 0.05) is 25.7 Å². The third-order valence-electron chi connectivity index (χ3n) is 4.15. The molecular formula is C22H28F2IN3O3. The number of alkyl halides is 2. The predicted octanol–water partition coefficient (Wildman–Crippen LogP) is 4.39. The van der Waals surface area contributed by atoms with E-state index in [-0.39, 0.29) is 35.5 Å². The zero-order valence-electron chi connectivity index (χ0n) is 17.6. The van der Waals surface area contributed by atoms with Crippen molar-refractivity contribution in [2.75, 3.05) is 27.3 Å². The second-order valence-electron chi connectivity index (χ2n) is 6.17. The Labute approximate surface area is 198 Å². The van der Waals surface area contributed by atoms with Gasteiger partial charge in [-0.3, -0.25) is 4.99 Å². The maximum atomic E-state index is 12.6. The van der Waals surface area contributed by atoms with Crippen LogP contribution in [0.15, 0.2) is 60.1 Å². The number of para-hydroxylation sites is 1. The van der Waals surface area contributed by atoms with Gasteiger partial charge in [-0.25, -0.2) is 0 Å². The average Bonchev–Trinajstić information content (AvgIpc) is 2.75. The molecule has 9 heteroatoms. The van der Waals surface area contributed by atoms with Crippen molar-refractivity contribution in [3.8, 4) is 17.2 Å². The van der Waals surface area contributed by atoms with E-state index in [1.807, 2.05) is 30.3 Å². The first kappa shape index (κ1) is 26.5. The first-order valence-electron chi connectivity index (χ1n) is 9.45. The van der Waals surface area contributed by atoms with E-state index in [4.69, 9.17) is 9.47 Å². The van der Waals surface area contributed by atoms with Gasteiger partial charge >= 0.3 is 6.61 Å². The van der Waals surface area contributed by atoms with Crippen LogP contribution in [0, 0.1) is 0 Å². The molecule has 0 fully saturated rings. The summed E-state index contributed by atoms with van der Waals surface area (Å²) in [6.07, 6.45) is 2.28. The maximum Gasteiger partial charge on any atom is 0.387 e. The molecule has 0 aliphatic carbocycles. The second kappa shape index (κ2) is 14.4. The molecule has 0 saturated heterocycles. The van der Waals surface area contributed by atoms with Crippen LogP contribution in [0.2, 0.25) is 0 Å². The zero-order valence-corrected chi connectivity index (χ0v) is 19.9. The molecule has 0 unspecified atom stereocenters. The van der Waals surface area contributed by atoms with E-state index in [1.165, 1.54) is 7.11 Å². The first-order valence-corrected chi connectivity index (χ1v) is 9.45. The summed E-state index contributed by atoms with van der Waals surface area (Å²) in [7, 11) is 3.09. The number of rotatable bonds is 11. The van der Waals surface area contributed by atoms with Gasteiger partial charge in [-0.05, 0) is 30.2 Å². The molecule has 0 heterocycles. The molecule has 31 heavy (non-hydrogen) atoms. The molecule has 2 aromatic rings. The Hall–Kier alpha value is -2.56. The zero-order chi connectivity index (χ0) is 21.8. The van der Waals surface area contributed by atoms with Crippen LogP contribution in [0.1, 0.15) is 11.1 Å². The van der Waals surface area contributed by atoms with E-state index >= 15 is 0 Å². The van der Waals surface area contributed by atoms with E-state index < -0.39 is 6.61 Å². The average molecular weight is 547 g/mol. The van der Waals surface area contributed by atoms with Gasteiger partial charge in [-0.15, -0.1) is 24.0 Å². The summed E-state index contributed by atoms with van der Waals surface area (Å²) in [6, 6.07) is 12.7. The van der Waals surface area contributed by atoms with Crippen LogP contribution < -0.4 is 24.8 Å². The van der Waals surface area contributed by atoms with Crippen molar-refractivity contribution in [3.63, 3.8) is 0 Å². The van der Waals surface area contributed by atoms with Crippen molar-refractivity contribution in [1.82, 2.24) is 10.6 Å². The van der Waals surface area contributed by atoms with Gasteiger partial charge < -0.3 is 24.8 Å². The molecule has 0 atom stereocenters. The highest BCUT2D eigenvalue weighted by molar-refractivity contribution is 14.0. The molecule has 0 radical (unpaired) electrons. The number of nitrogens with zero attached hydrogens (tertiary/aromatic N) is 1. The van der Waals surface area contributed by atoms with Gasteiger partial charge in [0.2, 0.25) is 0 Å². The molecule has 6 nitrogen and oxygen atoms in total. The Morgan fingerprint density at radius 3 is 2.58 bits per heavy atom. The normalized spacial score (nSPS) is 10.8. The van der Waals surface area contributed by atoms with Crippen molar-refractivity contribution in [3.05, 3.63) is 66.2 Å². The molecule has 0 aliphatic heterocycles. The lowest BCUT2D eigenvalue weighted by molar-refractivity contribution is -0.0512. The van der Waals surface area contributed by atoms with Crippen molar-refractivity contribution in [2.45, 2.75) is 19.6 Å². The van der Waals surface area contributed by atoms with Crippen LogP contribution in [0.4, 0.5) is 8.78 Å². The van der Waals surface area contributed by atoms with Gasteiger partial charge in [-0.2, -0.15) is 8.78 Å². The molecule has 2 rings (SSSR count). The van der Waals surface area contributed by atoms with Gasteiger partial charge in [0.1, 0.15) is 12.4 Å². The maximum absolute atomic E-state index is 12.6. The fraction of sp³-hybridized carbons (Fsp3) is 0.318. The number of ether oxygens (including phenoxy) is 3. The molecule has 0 amide bonds. The fourth-order valence-electron chi connectivity index (χ4n) is 2.73. The SMILES string of the molecule is C=CCOc1ccccc1CNC(=NC)NCCc1ccc(OC)c(OC(F)F)c1.I. The number of halogens is 3. The molecule has 0 aliphatic rings. The summed E-state index contributed by atoms with van der Waals surface area (Å²) in [6.45, 7) is 2.26. The summed E-state index contributed by atoms with van der Waals surface area (Å²) in [4.78, 5) is 4.20. The monoisotopic (exact) mass is 547 g/mol. The van der Waals surface area contributed by atoms with Gasteiger partial charge in [0.05, 0.1) is 7.11 Å². The van der Waals surface area contributed by atoms with Crippen LogP contribution in [0.25, 0.3) is 0 Å². The smallest absolute Gasteiger partial charge is 0.387 e.